The van der Waals surface area contributed by atoms with E-state index in [1.807, 2.05) is 12.2 Å². The molecule has 118 valence electrons. The quantitative estimate of drug-likeness (QED) is 0.756. The van der Waals surface area contributed by atoms with Gasteiger partial charge in [-0.1, -0.05) is 12.1 Å². The highest BCUT2D eigenvalue weighted by molar-refractivity contribution is 5.94. The molecule has 0 saturated carbocycles. The zero-order valence-electron chi connectivity index (χ0n) is 11.9. The standard InChI is InChI=1S/C14H19F3N2O2/c1-9(6-10(2)20)18-8-11-4-3-5-12(7-11)19-13(21)14(15,16)17/h3-5,7,9-10,18,20H,6,8H2,1-2H3,(H,19,21). The third-order valence-corrected chi connectivity index (χ3v) is 2.79. The number of hydrogen-bond acceptors (Lipinski definition) is 3. The molecule has 0 spiro atoms. The lowest BCUT2D eigenvalue weighted by Gasteiger charge is -2.16. The number of aliphatic hydroxyl groups excluding tert-OH is 1. The highest BCUT2D eigenvalue weighted by Crippen LogP contribution is 2.19. The summed E-state index contributed by atoms with van der Waals surface area (Å²) >= 11 is 0. The lowest BCUT2D eigenvalue weighted by molar-refractivity contribution is -0.167. The van der Waals surface area contributed by atoms with Crippen LogP contribution in [0.4, 0.5) is 18.9 Å². The van der Waals surface area contributed by atoms with Gasteiger partial charge >= 0.3 is 12.1 Å². The Kier molecular flexibility index (Phi) is 6.17. The number of aliphatic hydroxyl groups is 1. The van der Waals surface area contributed by atoms with Crippen molar-refractivity contribution in [2.45, 2.75) is 45.1 Å². The predicted octanol–water partition coefficient (Wildman–Crippen LogP) is 2.44. The summed E-state index contributed by atoms with van der Waals surface area (Å²) in [5.41, 5.74) is 0.840. The van der Waals surface area contributed by atoms with Crippen molar-refractivity contribution in [3.05, 3.63) is 29.8 Å². The SMILES string of the molecule is CC(O)CC(C)NCc1cccc(NC(=O)C(F)(F)F)c1. The van der Waals surface area contributed by atoms with E-state index in [0.29, 0.717) is 13.0 Å². The molecular formula is C14H19F3N2O2. The normalized spacial score (nSPS) is 14.6. The number of amides is 1. The van der Waals surface area contributed by atoms with Crippen molar-refractivity contribution < 1.29 is 23.1 Å². The Morgan fingerprint density at radius 1 is 1.33 bits per heavy atom. The predicted molar refractivity (Wildman–Crippen MR) is 73.7 cm³/mol. The Morgan fingerprint density at radius 2 is 2.00 bits per heavy atom. The minimum absolute atomic E-state index is 0.0680. The molecule has 0 fully saturated rings. The number of rotatable bonds is 6. The number of carbonyl (C=O) groups excluding carboxylic acids is 1. The van der Waals surface area contributed by atoms with E-state index in [9.17, 15) is 23.1 Å². The van der Waals surface area contributed by atoms with Gasteiger partial charge in [0.05, 0.1) is 6.10 Å². The van der Waals surface area contributed by atoms with Crippen LogP contribution in [0.2, 0.25) is 0 Å². The highest BCUT2D eigenvalue weighted by atomic mass is 19.4. The van der Waals surface area contributed by atoms with Gasteiger partial charge in [-0.3, -0.25) is 4.79 Å². The molecule has 0 aromatic heterocycles. The van der Waals surface area contributed by atoms with Crippen LogP contribution in [0, 0.1) is 0 Å². The van der Waals surface area contributed by atoms with Crippen LogP contribution in [0.15, 0.2) is 24.3 Å². The first-order chi connectivity index (χ1) is 9.68. The summed E-state index contributed by atoms with van der Waals surface area (Å²) in [5.74, 6) is -1.99. The van der Waals surface area contributed by atoms with Crippen LogP contribution in [0.3, 0.4) is 0 Å². The van der Waals surface area contributed by atoms with E-state index in [4.69, 9.17) is 0 Å². The van der Waals surface area contributed by atoms with Crippen molar-refractivity contribution >= 4 is 11.6 Å². The summed E-state index contributed by atoms with van der Waals surface area (Å²) in [7, 11) is 0. The number of benzene rings is 1. The van der Waals surface area contributed by atoms with Crippen molar-refractivity contribution in [3.8, 4) is 0 Å². The van der Waals surface area contributed by atoms with Gasteiger partial charge in [0.15, 0.2) is 0 Å². The van der Waals surface area contributed by atoms with Crippen molar-refractivity contribution in [2.24, 2.45) is 0 Å². The van der Waals surface area contributed by atoms with Gasteiger partial charge in [-0.15, -0.1) is 0 Å². The number of hydrogen-bond donors (Lipinski definition) is 3. The first-order valence-electron chi connectivity index (χ1n) is 6.57. The van der Waals surface area contributed by atoms with Gasteiger partial charge < -0.3 is 15.7 Å². The number of anilines is 1. The summed E-state index contributed by atoms with van der Waals surface area (Å²) in [5, 5.41) is 14.2. The Bertz CT molecular complexity index is 476. The highest BCUT2D eigenvalue weighted by Gasteiger charge is 2.38. The van der Waals surface area contributed by atoms with E-state index in [0.717, 1.165) is 5.56 Å². The zero-order chi connectivity index (χ0) is 16.0. The molecule has 2 atom stereocenters. The molecule has 3 N–H and O–H groups in total. The van der Waals surface area contributed by atoms with E-state index in [-0.39, 0.29) is 11.7 Å². The van der Waals surface area contributed by atoms with E-state index in [2.05, 4.69) is 5.32 Å². The lowest BCUT2D eigenvalue weighted by Crippen LogP contribution is -2.30. The minimum Gasteiger partial charge on any atom is -0.393 e. The fraction of sp³-hybridized carbons (Fsp3) is 0.500. The van der Waals surface area contributed by atoms with Crippen molar-refractivity contribution in [3.63, 3.8) is 0 Å². The number of halogens is 3. The zero-order valence-corrected chi connectivity index (χ0v) is 11.9. The van der Waals surface area contributed by atoms with Gasteiger partial charge in [0.2, 0.25) is 0 Å². The number of nitrogens with one attached hydrogen (secondary N) is 2. The molecule has 0 aliphatic carbocycles. The maximum atomic E-state index is 12.2. The molecule has 2 unspecified atom stereocenters. The molecule has 0 heterocycles. The van der Waals surface area contributed by atoms with Crippen molar-refractivity contribution in [1.29, 1.82) is 0 Å². The van der Waals surface area contributed by atoms with E-state index in [1.165, 1.54) is 12.1 Å². The molecule has 0 bridgehead atoms. The maximum Gasteiger partial charge on any atom is 0.471 e. The van der Waals surface area contributed by atoms with Gasteiger partial charge in [0.1, 0.15) is 0 Å². The second kappa shape index (κ2) is 7.42. The second-order valence-electron chi connectivity index (χ2n) is 5.02. The van der Waals surface area contributed by atoms with Gasteiger partial charge in [-0.2, -0.15) is 13.2 Å². The summed E-state index contributed by atoms with van der Waals surface area (Å²) in [6, 6.07) is 6.25. The fourth-order valence-corrected chi connectivity index (χ4v) is 1.85. The molecule has 1 aromatic rings. The van der Waals surface area contributed by atoms with Crippen LogP contribution in [0.5, 0.6) is 0 Å². The lowest BCUT2D eigenvalue weighted by atomic mass is 10.1. The van der Waals surface area contributed by atoms with Crippen LogP contribution in [-0.2, 0) is 11.3 Å². The number of carbonyl (C=O) groups is 1. The molecule has 1 aromatic carbocycles. The molecule has 21 heavy (non-hydrogen) atoms. The Morgan fingerprint density at radius 3 is 2.57 bits per heavy atom. The monoisotopic (exact) mass is 304 g/mol. The van der Waals surface area contributed by atoms with Gasteiger partial charge in [0, 0.05) is 18.3 Å². The molecule has 1 rings (SSSR count). The Labute approximate surface area is 121 Å². The van der Waals surface area contributed by atoms with Crippen molar-refractivity contribution in [1.82, 2.24) is 5.32 Å². The smallest absolute Gasteiger partial charge is 0.393 e. The molecular weight excluding hydrogens is 285 g/mol. The van der Waals surface area contributed by atoms with Gasteiger partial charge in [-0.25, -0.2) is 0 Å². The second-order valence-corrected chi connectivity index (χ2v) is 5.02. The van der Waals surface area contributed by atoms with Crippen molar-refractivity contribution in [2.75, 3.05) is 5.32 Å². The third-order valence-electron chi connectivity index (χ3n) is 2.79. The third kappa shape index (κ3) is 6.59. The fourth-order valence-electron chi connectivity index (χ4n) is 1.85. The minimum atomic E-state index is -4.90. The topological polar surface area (TPSA) is 61.4 Å². The molecule has 1 amide bonds. The van der Waals surface area contributed by atoms with Crippen LogP contribution < -0.4 is 10.6 Å². The average Bonchev–Trinajstić information content (AvgIpc) is 2.35. The van der Waals surface area contributed by atoms with E-state index >= 15 is 0 Å². The summed E-state index contributed by atoms with van der Waals surface area (Å²) in [4.78, 5) is 10.9. The van der Waals surface area contributed by atoms with Gasteiger partial charge in [0.25, 0.3) is 0 Å². The summed E-state index contributed by atoms with van der Waals surface area (Å²) in [6.45, 7) is 4.02. The average molecular weight is 304 g/mol. The molecule has 4 nitrogen and oxygen atoms in total. The molecule has 7 heteroatoms. The van der Waals surface area contributed by atoms with E-state index in [1.54, 1.807) is 19.1 Å². The molecule has 0 aliphatic rings. The Hall–Kier alpha value is -1.60. The first kappa shape index (κ1) is 17.5. The van der Waals surface area contributed by atoms with Crippen LogP contribution in [0.1, 0.15) is 25.8 Å². The largest absolute Gasteiger partial charge is 0.471 e. The maximum absolute atomic E-state index is 12.2. The molecule has 0 radical (unpaired) electrons. The van der Waals surface area contributed by atoms with Crippen LogP contribution in [0.25, 0.3) is 0 Å². The Balaban J connectivity index is 2.58. The van der Waals surface area contributed by atoms with Crippen LogP contribution >= 0.6 is 0 Å². The van der Waals surface area contributed by atoms with Crippen LogP contribution in [-0.4, -0.2) is 29.3 Å². The van der Waals surface area contributed by atoms with E-state index < -0.39 is 18.2 Å². The molecule has 0 saturated heterocycles. The number of alkyl halides is 3. The molecule has 0 aliphatic heterocycles. The first-order valence-corrected chi connectivity index (χ1v) is 6.57. The van der Waals surface area contributed by atoms with Gasteiger partial charge in [-0.05, 0) is 38.0 Å². The summed E-state index contributed by atoms with van der Waals surface area (Å²) in [6.07, 6.45) is -4.75. The summed E-state index contributed by atoms with van der Waals surface area (Å²) < 4.78 is 36.5.